The number of nitrogens with zero attached hydrogens (tertiary/aromatic N) is 2. The molecule has 0 atom stereocenters. The lowest BCUT2D eigenvalue weighted by molar-refractivity contribution is 0.502. The Balaban J connectivity index is 1.72. The normalized spacial score (nSPS) is 15.0. The predicted molar refractivity (Wildman–Crippen MR) is 135 cm³/mol. The van der Waals surface area contributed by atoms with E-state index >= 15 is 0 Å². The minimum Gasteiger partial charge on any atom is -0.455 e. The maximum absolute atomic E-state index is 14.0. The molecule has 0 saturated heterocycles. The van der Waals surface area contributed by atoms with Crippen molar-refractivity contribution in [2.45, 2.75) is 6.92 Å². The van der Waals surface area contributed by atoms with E-state index in [2.05, 4.69) is 40.8 Å². The lowest BCUT2D eigenvalue weighted by atomic mass is 9.91. The van der Waals surface area contributed by atoms with Crippen LogP contribution in [0.1, 0.15) is 16.7 Å². The molecule has 166 valence electrons. The standard InChI is InChI=1S/C30H23FN2O/c1-20-16-22(11-13-28(20)31)25-9-5-3-4-6-10-26(25)23-12-14-29-27(17-23)30(21(2)18-33-29)34-24-8-7-15-32-19-24/h3-17,19H,2,18H2,1H3. The highest BCUT2D eigenvalue weighted by Crippen LogP contribution is 2.30. The molecule has 2 aromatic carbocycles. The molecule has 0 radical (unpaired) electrons. The van der Waals surface area contributed by atoms with Crippen LogP contribution in [0, 0.1) is 12.7 Å². The average molecular weight is 447 g/mol. The van der Waals surface area contributed by atoms with Gasteiger partial charge in [-0.1, -0.05) is 55.2 Å². The van der Waals surface area contributed by atoms with Crippen molar-refractivity contribution in [3.05, 3.63) is 143 Å². The van der Waals surface area contributed by atoms with Crippen molar-refractivity contribution in [3.63, 3.8) is 0 Å². The highest BCUT2D eigenvalue weighted by Gasteiger charge is 2.15. The van der Waals surface area contributed by atoms with E-state index in [1.54, 1.807) is 19.3 Å². The van der Waals surface area contributed by atoms with Crippen molar-refractivity contribution in [2.24, 2.45) is 4.99 Å². The number of aromatic nitrogens is 1. The molecule has 34 heavy (non-hydrogen) atoms. The molecule has 0 spiro atoms. The molecule has 2 aliphatic rings. The van der Waals surface area contributed by atoms with Crippen molar-refractivity contribution < 1.29 is 9.13 Å². The largest absolute Gasteiger partial charge is 0.455 e. The smallest absolute Gasteiger partial charge is 0.145 e. The van der Waals surface area contributed by atoms with Gasteiger partial charge in [-0.3, -0.25) is 9.98 Å². The summed E-state index contributed by atoms with van der Waals surface area (Å²) in [6, 6.07) is 15.1. The van der Waals surface area contributed by atoms with Gasteiger partial charge in [-0.15, -0.1) is 0 Å². The van der Waals surface area contributed by atoms with E-state index < -0.39 is 0 Å². The van der Waals surface area contributed by atoms with Gasteiger partial charge in [0.15, 0.2) is 0 Å². The van der Waals surface area contributed by atoms with Crippen LogP contribution in [-0.2, 0) is 0 Å². The maximum atomic E-state index is 14.0. The van der Waals surface area contributed by atoms with Crippen LogP contribution in [0.15, 0.2) is 115 Å². The Bertz CT molecular complexity index is 1530. The first kappa shape index (κ1) is 21.5. The Morgan fingerprint density at radius 1 is 0.912 bits per heavy atom. The van der Waals surface area contributed by atoms with Gasteiger partial charge in [0.25, 0.3) is 0 Å². The van der Waals surface area contributed by atoms with Crippen LogP contribution in [0.3, 0.4) is 0 Å². The molecular formula is C30H23FN2O. The van der Waals surface area contributed by atoms with Crippen LogP contribution in [-0.4, -0.2) is 11.5 Å². The Morgan fingerprint density at radius 2 is 1.65 bits per heavy atom. The number of aryl methyl sites for hydroxylation is 1. The van der Waals surface area contributed by atoms with Crippen molar-refractivity contribution in [3.8, 4) is 5.75 Å². The summed E-state index contributed by atoms with van der Waals surface area (Å²) in [5.41, 5.74) is 5.40. The average Bonchev–Trinajstić information content (AvgIpc) is 2.83. The summed E-state index contributed by atoms with van der Waals surface area (Å²) in [5.74, 6) is 1.14. The van der Waals surface area contributed by atoms with E-state index in [0.717, 1.165) is 38.4 Å². The topological polar surface area (TPSA) is 34.5 Å². The van der Waals surface area contributed by atoms with Crippen LogP contribution in [0.4, 0.5) is 4.39 Å². The number of hydrogen-bond acceptors (Lipinski definition) is 3. The highest BCUT2D eigenvalue weighted by molar-refractivity contribution is 6.00. The van der Waals surface area contributed by atoms with Crippen LogP contribution in [0.2, 0.25) is 0 Å². The molecule has 3 nitrogen and oxygen atoms in total. The predicted octanol–water partition coefficient (Wildman–Crippen LogP) is 5.50. The van der Waals surface area contributed by atoms with Crippen LogP contribution in [0.5, 0.6) is 5.75 Å². The number of halogens is 1. The van der Waals surface area contributed by atoms with Gasteiger partial charge in [-0.25, -0.2) is 4.39 Å². The van der Waals surface area contributed by atoms with Crippen LogP contribution >= 0.6 is 0 Å². The molecule has 5 rings (SSSR count). The minimum absolute atomic E-state index is 0.211. The number of pyridine rings is 1. The first-order valence-corrected chi connectivity index (χ1v) is 11.1. The van der Waals surface area contributed by atoms with Crippen molar-refractivity contribution in [1.29, 1.82) is 0 Å². The van der Waals surface area contributed by atoms with Gasteiger partial charge >= 0.3 is 0 Å². The number of rotatable bonds is 4. The lowest BCUT2D eigenvalue weighted by Gasteiger charge is -2.17. The molecule has 0 saturated carbocycles. The zero-order valence-corrected chi connectivity index (χ0v) is 18.8. The molecule has 0 fully saturated rings. The van der Waals surface area contributed by atoms with Gasteiger partial charge in [0.05, 0.1) is 18.1 Å². The SMILES string of the molecule is C=C1CN=c2ccc(C3=C(c4ccc(F)c(C)c4)C=CC=CC=C3)cc2=C1Oc1cccnc1. The summed E-state index contributed by atoms with van der Waals surface area (Å²) in [6.07, 6.45) is 15.5. The number of allylic oxidation sites excluding steroid dienone is 8. The fourth-order valence-corrected chi connectivity index (χ4v) is 4.05. The second-order valence-electron chi connectivity index (χ2n) is 8.17. The number of ether oxygens (including phenoxy) is 1. The second kappa shape index (κ2) is 9.28. The van der Waals surface area contributed by atoms with E-state index in [1.165, 1.54) is 6.07 Å². The fraction of sp³-hybridized carbons (Fsp3) is 0.0667. The highest BCUT2D eigenvalue weighted by atomic mass is 19.1. The molecule has 1 aliphatic heterocycles. The quantitative estimate of drug-likeness (QED) is 0.531. The van der Waals surface area contributed by atoms with E-state index in [0.29, 0.717) is 23.6 Å². The molecule has 1 aromatic heterocycles. The molecule has 4 heteroatoms. The lowest BCUT2D eigenvalue weighted by Crippen LogP contribution is -2.34. The van der Waals surface area contributed by atoms with Gasteiger partial charge in [0.1, 0.15) is 17.3 Å². The van der Waals surface area contributed by atoms with Crippen LogP contribution < -0.4 is 15.3 Å². The van der Waals surface area contributed by atoms with E-state index in [1.807, 2.05) is 54.6 Å². The maximum Gasteiger partial charge on any atom is 0.145 e. The van der Waals surface area contributed by atoms with Crippen molar-refractivity contribution in [1.82, 2.24) is 4.98 Å². The second-order valence-corrected chi connectivity index (χ2v) is 8.17. The molecule has 0 unspecified atom stereocenters. The summed E-state index contributed by atoms with van der Waals surface area (Å²) in [4.78, 5) is 8.82. The third-order valence-electron chi connectivity index (χ3n) is 5.79. The monoisotopic (exact) mass is 446 g/mol. The molecule has 0 N–H and O–H groups in total. The molecule has 3 aromatic rings. The third-order valence-corrected chi connectivity index (χ3v) is 5.79. The molecular weight excluding hydrogens is 423 g/mol. The number of benzene rings is 2. The zero-order valence-electron chi connectivity index (χ0n) is 18.8. The summed E-state index contributed by atoms with van der Waals surface area (Å²) >= 11 is 0. The summed E-state index contributed by atoms with van der Waals surface area (Å²) in [5, 5.41) is 1.75. The summed E-state index contributed by atoms with van der Waals surface area (Å²) in [6.45, 7) is 6.45. The molecule has 1 aliphatic carbocycles. The van der Waals surface area contributed by atoms with Gasteiger partial charge in [-0.05, 0) is 71.2 Å². The van der Waals surface area contributed by atoms with Gasteiger partial charge in [0.2, 0.25) is 0 Å². The number of hydrogen-bond donors (Lipinski definition) is 0. The van der Waals surface area contributed by atoms with Gasteiger partial charge < -0.3 is 4.74 Å². The van der Waals surface area contributed by atoms with E-state index in [-0.39, 0.29) is 5.82 Å². The van der Waals surface area contributed by atoms with Gasteiger partial charge in [0, 0.05) is 17.0 Å². The first-order valence-electron chi connectivity index (χ1n) is 11.1. The third kappa shape index (κ3) is 4.30. The Kier molecular flexibility index (Phi) is 5.88. The Hall–Kier alpha value is -4.31. The fourth-order valence-electron chi connectivity index (χ4n) is 4.05. The summed E-state index contributed by atoms with van der Waals surface area (Å²) in [7, 11) is 0. The molecule has 0 amide bonds. The van der Waals surface area contributed by atoms with Crippen molar-refractivity contribution >= 4 is 16.9 Å². The van der Waals surface area contributed by atoms with E-state index in [4.69, 9.17) is 4.74 Å². The Morgan fingerprint density at radius 3 is 2.35 bits per heavy atom. The van der Waals surface area contributed by atoms with E-state index in [9.17, 15) is 4.39 Å². The summed E-state index contributed by atoms with van der Waals surface area (Å²) < 4.78 is 20.2. The van der Waals surface area contributed by atoms with Gasteiger partial charge in [-0.2, -0.15) is 0 Å². The van der Waals surface area contributed by atoms with Crippen LogP contribution in [0.25, 0.3) is 16.9 Å². The molecule has 2 heterocycles. The van der Waals surface area contributed by atoms with Crippen molar-refractivity contribution in [2.75, 3.05) is 6.54 Å². The molecule has 0 bridgehead atoms. The minimum atomic E-state index is -0.211. The first-order chi connectivity index (χ1) is 16.6. The number of fused-ring (bicyclic) bond motifs is 1. The Labute approximate surface area is 198 Å². The zero-order chi connectivity index (χ0) is 23.5.